The monoisotopic (exact) mass is 392 g/mol. The molecule has 0 bridgehead atoms. The van der Waals surface area contributed by atoms with Crippen LogP contribution in [0.15, 0.2) is 30.3 Å². The molecule has 0 aliphatic carbocycles. The maximum absolute atomic E-state index is 12.7. The van der Waals surface area contributed by atoms with Crippen LogP contribution < -0.4 is 0 Å². The summed E-state index contributed by atoms with van der Waals surface area (Å²) in [5, 5.41) is 11.4. The molecular weight excluding hydrogens is 362 g/mol. The van der Waals surface area contributed by atoms with Gasteiger partial charge >= 0.3 is 17.8 Å². The summed E-state index contributed by atoms with van der Waals surface area (Å²) in [5.41, 5.74) is -1.06. The first kappa shape index (κ1) is 21.9. The summed E-state index contributed by atoms with van der Waals surface area (Å²) in [7, 11) is 1.29. The molecule has 0 saturated heterocycles. The number of ether oxygens (including phenoxy) is 3. The number of aliphatic hydroxyl groups is 1. The van der Waals surface area contributed by atoms with Crippen molar-refractivity contribution in [1.29, 1.82) is 0 Å². The molecule has 7 heteroatoms. The number of benzene rings is 1. The number of hydrogen-bond donors (Lipinski definition) is 1. The standard InChI is InChI=1S/C21H30NO6/c1-7-27-19(23)14(4)21(5,25)22-16(20(24)26-6)17(13(2)3)28-18(22)15-11-9-8-10-12-15/h8-14,16-17,25H,7H2,1-6H3/q+1/t14?,16-,17-,21+/m0/s1. The number of hydrogen-bond acceptors (Lipinski definition) is 6. The molecule has 1 unspecified atom stereocenters. The van der Waals surface area contributed by atoms with E-state index in [9.17, 15) is 14.7 Å². The van der Waals surface area contributed by atoms with Crippen LogP contribution in [0.4, 0.5) is 0 Å². The second-order valence-electron chi connectivity index (χ2n) is 7.40. The quantitative estimate of drug-likeness (QED) is 0.564. The summed E-state index contributed by atoms with van der Waals surface area (Å²) in [6, 6.07) is 8.27. The van der Waals surface area contributed by atoms with Crippen molar-refractivity contribution < 1.29 is 33.5 Å². The fraction of sp³-hybridized carbons (Fsp3) is 0.571. The van der Waals surface area contributed by atoms with Crippen LogP contribution in [0.1, 0.15) is 40.2 Å². The van der Waals surface area contributed by atoms with Crippen LogP contribution in [0.25, 0.3) is 0 Å². The van der Waals surface area contributed by atoms with Gasteiger partial charge in [-0.05, 0) is 31.9 Å². The Morgan fingerprint density at radius 1 is 1.25 bits per heavy atom. The van der Waals surface area contributed by atoms with Crippen molar-refractivity contribution in [2.45, 2.75) is 52.5 Å². The third-order valence-corrected chi connectivity index (χ3v) is 5.12. The topological polar surface area (TPSA) is 85.1 Å². The zero-order chi connectivity index (χ0) is 21.1. The van der Waals surface area contributed by atoms with E-state index < -0.39 is 35.7 Å². The number of rotatable bonds is 7. The molecule has 4 atom stereocenters. The number of methoxy groups -OCH3 is 1. The highest BCUT2D eigenvalue weighted by molar-refractivity contribution is 5.93. The molecule has 1 aliphatic rings. The number of nitrogens with zero attached hydrogens (tertiary/aromatic N) is 1. The van der Waals surface area contributed by atoms with Crippen molar-refractivity contribution in [2.24, 2.45) is 11.8 Å². The van der Waals surface area contributed by atoms with Gasteiger partial charge in [0, 0.05) is 6.92 Å². The van der Waals surface area contributed by atoms with E-state index in [1.807, 2.05) is 44.2 Å². The van der Waals surface area contributed by atoms with Crippen LogP contribution in [-0.4, -0.2) is 59.1 Å². The van der Waals surface area contributed by atoms with Gasteiger partial charge < -0.3 is 19.3 Å². The molecular formula is C21H30NO6+. The molecule has 1 aromatic rings. The van der Waals surface area contributed by atoms with Crippen LogP contribution in [0.5, 0.6) is 0 Å². The van der Waals surface area contributed by atoms with Gasteiger partial charge in [0.15, 0.2) is 6.10 Å². The first-order chi connectivity index (χ1) is 13.2. The summed E-state index contributed by atoms with van der Waals surface area (Å²) < 4.78 is 17.7. The minimum atomic E-state index is -1.75. The van der Waals surface area contributed by atoms with Crippen molar-refractivity contribution in [2.75, 3.05) is 13.7 Å². The maximum atomic E-state index is 12.7. The highest BCUT2D eigenvalue weighted by Gasteiger charge is 2.60. The fourth-order valence-electron chi connectivity index (χ4n) is 3.36. The number of carbonyl (C=O) groups is 2. The minimum Gasteiger partial charge on any atom is -0.465 e. The van der Waals surface area contributed by atoms with Gasteiger partial charge in [-0.15, -0.1) is 4.58 Å². The Balaban J connectivity index is 2.67. The van der Waals surface area contributed by atoms with Gasteiger partial charge in [0.1, 0.15) is 5.92 Å². The lowest BCUT2D eigenvalue weighted by Crippen LogP contribution is -2.56. The second kappa shape index (κ2) is 8.73. The van der Waals surface area contributed by atoms with Gasteiger partial charge in [0.25, 0.3) is 11.8 Å². The van der Waals surface area contributed by atoms with E-state index in [2.05, 4.69) is 0 Å². The van der Waals surface area contributed by atoms with Crippen molar-refractivity contribution in [3.63, 3.8) is 0 Å². The predicted molar refractivity (Wildman–Crippen MR) is 103 cm³/mol. The molecule has 0 spiro atoms. The molecule has 0 fully saturated rings. The summed E-state index contributed by atoms with van der Waals surface area (Å²) in [4.78, 5) is 25.1. The average molecular weight is 392 g/mol. The minimum absolute atomic E-state index is 0.0403. The second-order valence-corrected chi connectivity index (χ2v) is 7.40. The Bertz CT molecular complexity index is 741. The molecule has 154 valence electrons. The van der Waals surface area contributed by atoms with E-state index in [4.69, 9.17) is 14.2 Å². The molecule has 0 amide bonds. The Morgan fingerprint density at radius 3 is 2.36 bits per heavy atom. The van der Waals surface area contributed by atoms with Crippen LogP contribution in [0, 0.1) is 11.8 Å². The molecule has 7 nitrogen and oxygen atoms in total. The highest BCUT2D eigenvalue weighted by atomic mass is 16.5. The Morgan fingerprint density at radius 2 is 1.86 bits per heavy atom. The summed E-state index contributed by atoms with van der Waals surface area (Å²) in [6.45, 7) is 8.80. The molecule has 1 N–H and O–H groups in total. The lowest BCUT2D eigenvalue weighted by molar-refractivity contribution is -0.675. The zero-order valence-electron chi connectivity index (χ0n) is 17.3. The first-order valence-corrected chi connectivity index (χ1v) is 9.51. The van der Waals surface area contributed by atoms with E-state index in [1.54, 1.807) is 13.8 Å². The molecule has 1 aliphatic heterocycles. The number of esters is 2. The Labute approximate surface area is 165 Å². The van der Waals surface area contributed by atoms with Crippen molar-refractivity contribution in [3.8, 4) is 0 Å². The van der Waals surface area contributed by atoms with E-state index in [-0.39, 0.29) is 12.5 Å². The summed E-state index contributed by atoms with van der Waals surface area (Å²) in [6.07, 6.45) is -0.552. The normalized spacial score (nSPS) is 22.4. The van der Waals surface area contributed by atoms with Crippen molar-refractivity contribution in [1.82, 2.24) is 0 Å². The fourth-order valence-corrected chi connectivity index (χ4v) is 3.36. The smallest absolute Gasteiger partial charge is 0.379 e. The molecule has 0 aromatic heterocycles. The average Bonchev–Trinajstić information content (AvgIpc) is 3.09. The maximum Gasteiger partial charge on any atom is 0.379 e. The highest BCUT2D eigenvalue weighted by Crippen LogP contribution is 2.32. The third kappa shape index (κ3) is 4.04. The van der Waals surface area contributed by atoms with Gasteiger partial charge in [0.2, 0.25) is 0 Å². The van der Waals surface area contributed by atoms with E-state index in [0.29, 0.717) is 11.5 Å². The molecule has 1 heterocycles. The molecule has 0 saturated carbocycles. The molecule has 2 rings (SSSR count). The van der Waals surface area contributed by atoms with E-state index in [1.165, 1.54) is 18.6 Å². The largest absolute Gasteiger partial charge is 0.465 e. The van der Waals surface area contributed by atoms with Crippen LogP contribution in [-0.2, 0) is 23.8 Å². The zero-order valence-corrected chi connectivity index (χ0v) is 17.3. The van der Waals surface area contributed by atoms with Crippen molar-refractivity contribution in [3.05, 3.63) is 35.9 Å². The SMILES string of the molecule is CCOC(=O)C(C)[C@@](C)(O)[N+]1=C(c2ccccc2)O[C@@H](C(C)C)[C@H]1C(=O)OC. The van der Waals surface area contributed by atoms with E-state index >= 15 is 0 Å². The lowest BCUT2D eigenvalue weighted by atomic mass is 9.93. The summed E-state index contributed by atoms with van der Waals surface area (Å²) >= 11 is 0. The van der Waals surface area contributed by atoms with Gasteiger partial charge in [0.05, 0.1) is 19.3 Å². The third-order valence-electron chi connectivity index (χ3n) is 5.12. The van der Waals surface area contributed by atoms with Crippen molar-refractivity contribution >= 4 is 17.8 Å². The van der Waals surface area contributed by atoms with Gasteiger partial charge in [-0.1, -0.05) is 32.0 Å². The Kier molecular flexibility index (Phi) is 6.82. The van der Waals surface area contributed by atoms with Gasteiger partial charge in [-0.3, -0.25) is 4.79 Å². The van der Waals surface area contributed by atoms with Crippen LogP contribution in [0.2, 0.25) is 0 Å². The van der Waals surface area contributed by atoms with Gasteiger partial charge in [-0.2, -0.15) is 0 Å². The molecule has 1 aromatic carbocycles. The number of carbonyl (C=O) groups excluding carboxylic acids is 2. The Hall–Kier alpha value is -2.41. The lowest BCUT2D eigenvalue weighted by Gasteiger charge is -2.28. The summed E-state index contributed by atoms with van der Waals surface area (Å²) in [5.74, 6) is -1.75. The van der Waals surface area contributed by atoms with Crippen LogP contribution in [0.3, 0.4) is 0 Å². The molecule has 0 radical (unpaired) electrons. The predicted octanol–water partition coefficient (Wildman–Crippen LogP) is 1.95. The molecule has 28 heavy (non-hydrogen) atoms. The van der Waals surface area contributed by atoms with Gasteiger partial charge in [-0.25, -0.2) is 4.79 Å². The van der Waals surface area contributed by atoms with E-state index in [0.717, 1.165) is 0 Å². The first-order valence-electron chi connectivity index (χ1n) is 9.51. The van der Waals surface area contributed by atoms with Crippen LogP contribution >= 0.6 is 0 Å².